The Kier molecular flexibility index (Phi) is 3.52. The van der Waals surface area contributed by atoms with Crippen LogP contribution < -0.4 is 5.73 Å². The van der Waals surface area contributed by atoms with E-state index in [1.807, 2.05) is 6.07 Å². The molecule has 0 saturated carbocycles. The quantitative estimate of drug-likeness (QED) is 0.780. The normalized spacial score (nSPS) is 10.0. The number of pyridine rings is 1. The molecular weight excluding hydrogens is 204 g/mol. The van der Waals surface area contributed by atoms with Gasteiger partial charge in [-0.25, -0.2) is 4.98 Å². The highest BCUT2D eigenvalue weighted by atomic mass is 79.9. The van der Waals surface area contributed by atoms with Crippen molar-refractivity contribution >= 4 is 15.9 Å². The average Bonchev–Trinajstić information content (AvgIpc) is 2.03. The molecule has 1 aromatic heterocycles. The lowest BCUT2D eigenvalue weighted by molar-refractivity contribution is 0.824. The van der Waals surface area contributed by atoms with Crippen LogP contribution >= 0.6 is 15.9 Å². The molecule has 0 radical (unpaired) electrons. The van der Waals surface area contributed by atoms with Crippen molar-refractivity contribution in [3.8, 4) is 0 Å². The smallest absolute Gasteiger partial charge is 0.109 e. The van der Waals surface area contributed by atoms with Crippen LogP contribution in [0.15, 0.2) is 22.9 Å². The van der Waals surface area contributed by atoms with Crippen LogP contribution in [0.1, 0.15) is 12.0 Å². The van der Waals surface area contributed by atoms with Gasteiger partial charge in [-0.05, 0) is 46.9 Å². The van der Waals surface area contributed by atoms with Crippen molar-refractivity contribution in [2.24, 2.45) is 5.73 Å². The van der Waals surface area contributed by atoms with Crippen molar-refractivity contribution in [3.05, 3.63) is 28.5 Å². The third-order valence-corrected chi connectivity index (χ3v) is 2.20. The summed E-state index contributed by atoms with van der Waals surface area (Å²) in [5.74, 6) is 0. The highest BCUT2D eigenvalue weighted by Crippen LogP contribution is 2.13. The summed E-state index contributed by atoms with van der Waals surface area (Å²) >= 11 is 3.37. The molecule has 0 amide bonds. The first-order valence-corrected chi connectivity index (χ1v) is 4.43. The summed E-state index contributed by atoms with van der Waals surface area (Å²) in [6, 6.07) is 4.00. The van der Waals surface area contributed by atoms with E-state index in [0.717, 1.165) is 24.0 Å². The van der Waals surface area contributed by atoms with Gasteiger partial charge in [-0.3, -0.25) is 0 Å². The largest absolute Gasteiger partial charge is 0.330 e. The van der Waals surface area contributed by atoms with Gasteiger partial charge in [0.25, 0.3) is 0 Å². The summed E-state index contributed by atoms with van der Waals surface area (Å²) in [4.78, 5) is 4.11. The molecule has 0 aliphatic carbocycles. The molecule has 0 fully saturated rings. The summed E-state index contributed by atoms with van der Waals surface area (Å²) < 4.78 is 0.938. The zero-order valence-corrected chi connectivity index (χ0v) is 7.84. The van der Waals surface area contributed by atoms with Crippen LogP contribution in [0, 0.1) is 0 Å². The van der Waals surface area contributed by atoms with E-state index < -0.39 is 0 Å². The Bertz CT molecular complexity index is 225. The molecule has 0 bridgehead atoms. The number of hydrogen-bond donors (Lipinski definition) is 1. The highest BCUT2D eigenvalue weighted by molar-refractivity contribution is 9.10. The van der Waals surface area contributed by atoms with E-state index in [0.29, 0.717) is 0 Å². The van der Waals surface area contributed by atoms with Gasteiger partial charge in [0.05, 0.1) is 0 Å². The molecule has 0 unspecified atom stereocenters. The molecule has 2 nitrogen and oxygen atoms in total. The Hall–Kier alpha value is -0.410. The van der Waals surface area contributed by atoms with Crippen LogP contribution in [0.25, 0.3) is 0 Å². The number of nitrogens with two attached hydrogens (primary N) is 1. The van der Waals surface area contributed by atoms with Gasteiger partial charge in [0, 0.05) is 6.20 Å². The second-order valence-electron chi connectivity index (χ2n) is 2.35. The topological polar surface area (TPSA) is 38.9 Å². The number of aryl methyl sites for hydroxylation is 1. The number of halogens is 1. The van der Waals surface area contributed by atoms with Crippen LogP contribution in [0.5, 0.6) is 0 Å². The van der Waals surface area contributed by atoms with Crippen molar-refractivity contribution in [3.63, 3.8) is 0 Å². The van der Waals surface area contributed by atoms with Crippen molar-refractivity contribution in [1.29, 1.82) is 0 Å². The van der Waals surface area contributed by atoms with E-state index in [1.165, 1.54) is 5.56 Å². The molecule has 0 aromatic carbocycles. The Balaban J connectivity index is 2.62. The minimum absolute atomic E-state index is 0.737. The SMILES string of the molecule is NCCCc1cccnc1Br. The minimum Gasteiger partial charge on any atom is -0.330 e. The Morgan fingerprint density at radius 3 is 3.00 bits per heavy atom. The molecule has 0 aliphatic heterocycles. The lowest BCUT2D eigenvalue weighted by atomic mass is 10.2. The maximum absolute atomic E-state index is 5.39. The number of nitrogens with zero attached hydrogens (tertiary/aromatic N) is 1. The highest BCUT2D eigenvalue weighted by Gasteiger charge is 1.97. The number of hydrogen-bond acceptors (Lipinski definition) is 2. The predicted octanol–water partition coefficient (Wildman–Crippen LogP) is 1.74. The number of aromatic nitrogens is 1. The van der Waals surface area contributed by atoms with Gasteiger partial charge in [-0.2, -0.15) is 0 Å². The first-order valence-electron chi connectivity index (χ1n) is 3.64. The fourth-order valence-electron chi connectivity index (χ4n) is 0.898. The van der Waals surface area contributed by atoms with Crippen LogP contribution in [-0.4, -0.2) is 11.5 Å². The first kappa shape index (κ1) is 8.68. The lowest BCUT2D eigenvalue weighted by Gasteiger charge is -2.00. The monoisotopic (exact) mass is 214 g/mol. The molecule has 11 heavy (non-hydrogen) atoms. The van der Waals surface area contributed by atoms with Crippen LogP contribution in [0.2, 0.25) is 0 Å². The molecule has 1 rings (SSSR count). The van der Waals surface area contributed by atoms with Gasteiger partial charge in [-0.1, -0.05) is 6.07 Å². The average molecular weight is 215 g/mol. The Labute approximate surface area is 75.0 Å². The maximum Gasteiger partial charge on any atom is 0.109 e. The van der Waals surface area contributed by atoms with Gasteiger partial charge in [0.2, 0.25) is 0 Å². The van der Waals surface area contributed by atoms with E-state index in [9.17, 15) is 0 Å². The van der Waals surface area contributed by atoms with Gasteiger partial charge in [0.15, 0.2) is 0 Å². The molecule has 0 atom stereocenters. The molecule has 0 spiro atoms. The minimum atomic E-state index is 0.737. The summed E-state index contributed by atoms with van der Waals surface area (Å²) in [5.41, 5.74) is 6.62. The third-order valence-electron chi connectivity index (χ3n) is 1.49. The molecule has 3 heteroatoms. The van der Waals surface area contributed by atoms with Crippen LogP contribution in [0.3, 0.4) is 0 Å². The molecular formula is C8H11BrN2. The molecule has 2 N–H and O–H groups in total. The summed E-state index contributed by atoms with van der Waals surface area (Å²) in [6.07, 6.45) is 3.80. The zero-order chi connectivity index (χ0) is 8.10. The summed E-state index contributed by atoms with van der Waals surface area (Å²) in [7, 11) is 0. The van der Waals surface area contributed by atoms with E-state index in [4.69, 9.17) is 5.73 Å². The van der Waals surface area contributed by atoms with Crippen LogP contribution in [0.4, 0.5) is 0 Å². The molecule has 0 saturated heterocycles. The van der Waals surface area contributed by atoms with E-state index in [2.05, 4.69) is 27.0 Å². The fourth-order valence-corrected chi connectivity index (χ4v) is 1.35. The Morgan fingerprint density at radius 1 is 1.55 bits per heavy atom. The van der Waals surface area contributed by atoms with Crippen molar-refractivity contribution in [2.75, 3.05) is 6.54 Å². The van der Waals surface area contributed by atoms with Crippen LogP contribution in [-0.2, 0) is 6.42 Å². The standard InChI is InChI=1S/C8H11BrN2/c9-8-7(3-1-5-10)4-2-6-11-8/h2,4,6H,1,3,5,10H2. The van der Waals surface area contributed by atoms with E-state index >= 15 is 0 Å². The maximum atomic E-state index is 5.39. The van der Waals surface area contributed by atoms with Crippen molar-refractivity contribution in [2.45, 2.75) is 12.8 Å². The first-order chi connectivity index (χ1) is 5.34. The predicted molar refractivity (Wildman–Crippen MR) is 49.3 cm³/mol. The second-order valence-corrected chi connectivity index (χ2v) is 3.10. The van der Waals surface area contributed by atoms with E-state index in [1.54, 1.807) is 6.20 Å². The van der Waals surface area contributed by atoms with E-state index in [-0.39, 0.29) is 0 Å². The van der Waals surface area contributed by atoms with Crippen molar-refractivity contribution < 1.29 is 0 Å². The van der Waals surface area contributed by atoms with Gasteiger partial charge >= 0.3 is 0 Å². The number of rotatable bonds is 3. The zero-order valence-electron chi connectivity index (χ0n) is 6.26. The van der Waals surface area contributed by atoms with Gasteiger partial charge in [0.1, 0.15) is 4.60 Å². The molecule has 1 aromatic rings. The van der Waals surface area contributed by atoms with Crippen molar-refractivity contribution in [1.82, 2.24) is 4.98 Å². The lowest BCUT2D eigenvalue weighted by Crippen LogP contribution is -2.00. The van der Waals surface area contributed by atoms with Gasteiger partial charge in [-0.15, -0.1) is 0 Å². The summed E-state index contributed by atoms with van der Waals surface area (Å²) in [6.45, 7) is 0.737. The summed E-state index contributed by atoms with van der Waals surface area (Å²) in [5, 5.41) is 0. The molecule has 60 valence electrons. The molecule has 0 aliphatic rings. The van der Waals surface area contributed by atoms with Gasteiger partial charge < -0.3 is 5.73 Å². The Morgan fingerprint density at radius 2 is 2.36 bits per heavy atom. The fraction of sp³-hybridized carbons (Fsp3) is 0.375. The second kappa shape index (κ2) is 4.46. The third kappa shape index (κ3) is 2.60. The molecule has 1 heterocycles.